The van der Waals surface area contributed by atoms with Crippen LogP contribution < -0.4 is 10.1 Å². The first-order valence-corrected chi connectivity index (χ1v) is 7.53. The Morgan fingerprint density at radius 1 is 1.24 bits per heavy atom. The van der Waals surface area contributed by atoms with E-state index < -0.39 is 5.97 Å². The van der Waals surface area contributed by atoms with E-state index in [9.17, 15) is 14.7 Å². The first-order chi connectivity index (χ1) is 9.40. The fourth-order valence-corrected chi connectivity index (χ4v) is 2.60. The Balaban J connectivity index is 2.86. The highest BCUT2D eigenvalue weighted by Crippen LogP contribution is 2.36. The molecule has 118 valence electrons. The molecule has 1 amide bonds. The first-order valence-electron chi connectivity index (χ1n) is 6.71. The van der Waals surface area contributed by atoms with E-state index in [1.165, 1.54) is 11.3 Å². The third-order valence-electron chi connectivity index (χ3n) is 2.50. The number of carboxylic acids is 1. The van der Waals surface area contributed by atoms with Crippen LogP contribution in [0.4, 0.5) is 0 Å². The third kappa shape index (κ3) is 5.38. The summed E-state index contributed by atoms with van der Waals surface area (Å²) in [5.74, 6) is -1.06. The molecule has 0 aliphatic carbocycles. The number of carbonyl (C=O) groups is 2. The van der Waals surface area contributed by atoms with Gasteiger partial charge in [-0.15, -0.1) is 11.3 Å². The number of amides is 1. The first kappa shape index (κ1) is 17.5. The van der Waals surface area contributed by atoms with Crippen LogP contribution in [-0.2, 0) is 10.2 Å². The number of hydrogen-bond acceptors (Lipinski definition) is 4. The smallest absolute Gasteiger partial charge is 0.349 e. The van der Waals surface area contributed by atoms with Gasteiger partial charge in [-0.1, -0.05) is 20.8 Å². The maximum atomic E-state index is 11.7. The molecule has 1 aromatic rings. The lowest BCUT2D eigenvalue weighted by molar-refractivity contribution is -0.124. The van der Waals surface area contributed by atoms with Gasteiger partial charge < -0.3 is 15.2 Å². The Morgan fingerprint density at radius 3 is 2.24 bits per heavy atom. The number of nitrogens with one attached hydrogen (secondary N) is 1. The lowest BCUT2D eigenvalue weighted by Gasteiger charge is -2.20. The molecule has 0 atom stereocenters. The van der Waals surface area contributed by atoms with Gasteiger partial charge in [0, 0.05) is 10.4 Å². The summed E-state index contributed by atoms with van der Waals surface area (Å²) in [6, 6.07) is 1.71. The molecule has 5 nitrogen and oxygen atoms in total. The molecule has 1 rings (SSSR count). The highest BCUT2D eigenvalue weighted by Gasteiger charge is 2.24. The number of thiophene rings is 1. The molecule has 0 radical (unpaired) electrons. The summed E-state index contributed by atoms with van der Waals surface area (Å²) < 4.78 is 5.40. The predicted molar refractivity (Wildman–Crippen MR) is 83.4 cm³/mol. The molecule has 0 bridgehead atoms. The Hall–Kier alpha value is -1.56. The molecule has 0 unspecified atom stereocenters. The lowest BCUT2D eigenvalue weighted by Crippen LogP contribution is -2.43. The molecule has 0 aliphatic heterocycles. The van der Waals surface area contributed by atoms with Crippen LogP contribution in [0.3, 0.4) is 0 Å². The zero-order valence-electron chi connectivity index (χ0n) is 13.4. The van der Waals surface area contributed by atoms with Gasteiger partial charge in [0.1, 0.15) is 5.75 Å². The second kappa shape index (κ2) is 6.05. The van der Waals surface area contributed by atoms with Crippen molar-refractivity contribution in [1.82, 2.24) is 5.32 Å². The zero-order chi connectivity index (χ0) is 16.4. The number of carbonyl (C=O) groups excluding carboxylic acids is 1. The van der Waals surface area contributed by atoms with E-state index in [2.05, 4.69) is 5.32 Å². The van der Waals surface area contributed by atoms with E-state index in [1.807, 2.05) is 41.5 Å². The number of hydrogen-bond donors (Lipinski definition) is 2. The van der Waals surface area contributed by atoms with Crippen molar-refractivity contribution in [3.05, 3.63) is 15.8 Å². The summed E-state index contributed by atoms with van der Waals surface area (Å²) in [4.78, 5) is 24.0. The SMILES string of the molecule is CC(C)(C)NC(=O)COc1cc(C(C)(C)C)sc1C(=O)O. The van der Waals surface area contributed by atoms with Crippen LogP contribution in [0.1, 0.15) is 56.1 Å². The highest BCUT2D eigenvalue weighted by molar-refractivity contribution is 7.14. The van der Waals surface area contributed by atoms with Crippen LogP contribution >= 0.6 is 11.3 Å². The Labute approximate surface area is 129 Å². The van der Waals surface area contributed by atoms with Crippen molar-refractivity contribution >= 4 is 23.2 Å². The van der Waals surface area contributed by atoms with Gasteiger partial charge in [-0.2, -0.15) is 0 Å². The Bertz CT molecular complexity index is 535. The van der Waals surface area contributed by atoms with Crippen LogP contribution in [0.15, 0.2) is 6.07 Å². The summed E-state index contributed by atoms with van der Waals surface area (Å²) in [7, 11) is 0. The van der Waals surface area contributed by atoms with Crippen molar-refractivity contribution in [2.75, 3.05) is 6.61 Å². The minimum atomic E-state index is -1.04. The molecular weight excluding hydrogens is 290 g/mol. The van der Waals surface area contributed by atoms with Crippen LogP contribution in [0.2, 0.25) is 0 Å². The highest BCUT2D eigenvalue weighted by atomic mass is 32.1. The normalized spacial score (nSPS) is 12.1. The second-order valence-corrected chi connectivity index (χ2v) is 8.00. The van der Waals surface area contributed by atoms with E-state index in [4.69, 9.17) is 4.74 Å². The van der Waals surface area contributed by atoms with Gasteiger partial charge in [-0.05, 0) is 32.3 Å². The maximum Gasteiger partial charge on any atom is 0.349 e. The van der Waals surface area contributed by atoms with Crippen molar-refractivity contribution < 1.29 is 19.4 Å². The summed E-state index contributed by atoms with van der Waals surface area (Å²) in [5.41, 5.74) is -0.508. The van der Waals surface area contributed by atoms with Crippen molar-refractivity contribution in [2.45, 2.75) is 52.5 Å². The second-order valence-electron chi connectivity index (χ2n) is 6.95. The maximum absolute atomic E-state index is 11.7. The number of ether oxygens (including phenoxy) is 1. The van der Waals surface area contributed by atoms with Crippen LogP contribution in [0.5, 0.6) is 5.75 Å². The van der Waals surface area contributed by atoms with E-state index in [-0.39, 0.29) is 34.1 Å². The molecule has 0 fully saturated rings. The minimum Gasteiger partial charge on any atom is -0.482 e. The molecule has 0 saturated heterocycles. The number of rotatable bonds is 4. The van der Waals surface area contributed by atoms with E-state index in [1.54, 1.807) is 6.07 Å². The molecule has 1 heterocycles. The fraction of sp³-hybridized carbons (Fsp3) is 0.600. The monoisotopic (exact) mass is 313 g/mol. The standard InChI is InChI=1S/C15H23NO4S/c1-14(2,3)10-7-9(12(21-10)13(18)19)20-8-11(17)16-15(4,5)6/h7H,8H2,1-6H3,(H,16,17)(H,18,19). The Kier molecular flexibility index (Phi) is 5.04. The summed E-state index contributed by atoms with van der Waals surface area (Å²) in [6.45, 7) is 11.4. The summed E-state index contributed by atoms with van der Waals surface area (Å²) in [6.07, 6.45) is 0. The molecule has 6 heteroatoms. The predicted octanol–water partition coefficient (Wildman–Crippen LogP) is 3.04. The molecule has 0 aliphatic rings. The quantitative estimate of drug-likeness (QED) is 0.896. The van der Waals surface area contributed by atoms with Gasteiger partial charge in [-0.3, -0.25) is 4.79 Å². The Morgan fingerprint density at radius 2 is 1.81 bits per heavy atom. The van der Waals surface area contributed by atoms with Gasteiger partial charge in [0.25, 0.3) is 5.91 Å². The number of aromatic carboxylic acids is 1. The fourth-order valence-electron chi connectivity index (χ4n) is 1.60. The zero-order valence-corrected chi connectivity index (χ0v) is 14.2. The van der Waals surface area contributed by atoms with Gasteiger partial charge >= 0.3 is 5.97 Å². The third-order valence-corrected chi connectivity index (χ3v) is 4.03. The largest absolute Gasteiger partial charge is 0.482 e. The molecule has 0 saturated carbocycles. The minimum absolute atomic E-state index is 0.128. The van der Waals surface area contributed by atoms with E-state index in [0.717, 1.165) is 4.88 Å². The molecule has 1 aromatic heterocycles. The average molecular weight is 313 g/mol. The van der Waals surface area contributed by atoms with Gasteiger partial charge in [0.05, 0.1) is 0 Å². The van der Waals surface area contributed by atoms with Crippen molar-refractivity contribution in [2.24, 2.45) is 0 Å². The van der Waals surface area contributed by atoms with Gasteiger partial charge in [0.2, 0.25) is 0 Å². The van der Waals surface area contributed by atoms with E-state index >= 15 is 0 Å². The van der Waals surface area contributed by atoms with Crippen LogP contribution in [0.25, 0.3) is 0 Å². The molecule has 2 N–H and O–H groups in total. The average Bonchev–Trinajstić information content (AvgIpc) is 2.67. The lowest BCUT2D eigenvalue weighted by atomic mass is 9.95. The van der Waals surface area contributed by atoms with Crippen LogP contribution in [-0.4, -0.2) is 29.1 Å². The van der Waals surface area contributed by atoms with Crippen molar-refractivity contribution in [3.63, 3.8) is 0 Å². The van der Waals surface area contributed by atoms with E-state index in [0.29, 0.717) is 0 Å². The van der Waals surface area contributed by atoms with Gasteiger partial charge in [0.15, 0.2) is 11.5 Å². The number of carboxylic acid groups (broad SMARTS) is 1. The molecule has 0 spiro atoms. The van der Waals surface area contributed by atoms with Crippen molar-refractivity contribution in [1.29, 1.82) is 0 Å². The van der Waals surface area contributed by atoms with Crippen molar-refractivity contribution in [3.8, 4) is 5.75 Å². The molecule has 0 aromatic carbocycles. The molecule has 21 heavy (non-hydrogen) atoms. The van der Waals surface area contributed by atoms with Crippen LogP contribution in [0, 0.1) is 0 Å². The summed E-state index contributed by atoms with van der Waals surface area (Å²) >= 11 is 1.18. The molecular formula is C15H23NO4S. The topological polar surface area (TPSA) is 75.6 Å². The summed E-state index contributed by atoms with van der Waals surface area (Å²) in [5, 5.41) is 12.0. The van der Waals surface area contributed by atoms with Gasteiger partial charge in [-0.25, -0.2) is 4.79 Å².